The summed E-state index contributed by atoms with van der Waals surface area (Å²) in [6, 6.07) is 0. The van der Waals surface area contributed by atoms with E-state index in [2.05, 4.69) is 10.6 Å². The van der Waals surface area contributed by atoms with Crippen molar-refractivity contribution in [2.45, 2.75) is 53.1 Å². The molecule has 0 aliphatic heterocycles. The Kier molecular flexibility index (Phi) is 15.7. The van der Waals surface area contributed by atoms with Crippen LogP contribution in [0.4, 0.5) is 0 Å². The molecule has 8 nitrogen and oxygen atoms in total. The predicted octanol–water partition coefficient (Wildman–Crippen LogP) is 1.56. The highest BCUT2D eigenvalue weighted by atomic mass is 16.5. The summed E-state index contributed by atoms with van der Waals surface area (Å²) in [5, 5.41) is 5.41. The minimum Gasteiger partial charge on any atom is -0.379 e. The highest BCUT2D eigenvalue weighted by Crippen LogP contribution is 1.98. The second-order valence-electron chi connectivity index (χ2n) is 6.58. The monoisotopic (exact) mass is 392 g/mol. The van der Waals surface area contributed by atoms with Gasteiger partial charge >= 0.3 is 0 Å². The third-order valence-corrected chi connectivity index (χ3v) is 3.82. The second-order valence-corrected chi connectivity index (χ2v) is 6.58. The van der Waals surface area contributed by atoms with Crippen molar-refractivity contribution >= 4 is 17.6 Å². The van der Waals surface area contributed by atoms with Gasteiger partial charge in [-0.2, -0.15) is 0 Å². The average Bonchev–Trinajstić information content (AvgIpc) is 2.64. The van der Waals surface area contributed by atoms with Gasteiger partial charge in [0.05, 0.1) is 32.5 Å². The fourth-order valence-electron chi connectivity index (χ4n) is 1.83. The number of hydrogen-bond donors (Lipinski definition) is 2. The number of nitrogens with one attached hydrogen (secondary N) is 2. The van der Waals surface area contributed by atoms with Crippen LogP contribution in [0.3, 0.4) is 0 Å². The van der Waals surface area contributed by atoms with E-state index in [1.165, 1.54) is 0 Å². The van der Waals surface area contributed by atoms with E-state index < -0.39 is 0 Å². The van der Waals surface area contributed by atoms with Crippen LogP contribution in [-0.2, 0) is 28.6 Å². The van der Waals surface area contributed by atoms with Crippen molar-refractivity contribution in [2.75, 3.05) is 46.1 Å². The van der Waals surface area contributed by atoms with Gasteiger partial charge in [0.1, 0.15) is 12.4 Å². The number of carbonyl (C=O) groups is 3. The minimum absolute atomic E-state index is 0. The van der Waals surface area contributed by atoms with Gasteiger partial charge in [-0.25, -0.2) is 0 Å². The molecule has 0 bridgehead atoms. The number of amides is 2. The number of ketones is 1. The van der Waals surface area contributed by atoms with E-state index in [4.69, 9.17) is 14.2 Å². The zero-order valence-corrected chi connectivity index (χ0v) is 17.2. The summed E-state index contributed by atoms with van der Waals surface area (Å²) < 4.78 is 15.9. The Morgan fingerprint density at radius 3 is 1.96 bits per heavy atom. The first-order valence-electron chi connectivity index (χ1n) is 9.70. The maximum atomic E-state index is 11.6. The first kappa shape index (κ1) is 25.5. The van der Waals surface area contributed by atoms with Crippen LogP contribution in [0.5, 0.6) is 0 Å². The Morgan fingerprint density at radius 2 is 1.41 bits per heavy atom. The number of hydrogen-bond acceptors (Lipinski definition) is 6. The highest BCUT2D eigenvalue weighted by molar-refractivity contribution is 5.80. The summed E-state index contributed by atoms with van der Waals surface area (Å²) in [6.45, 7) is 9.86. The van der Waals surface area contributed by atoms with Gasteiger partial charge in [-0.15, -0.1) is 0 Å². The Morgan fingerprint density at radius 1 is 0.852 bits per heavy atom. The topological polar surface area (TPSA) is 103 Å². The lowest BCUT2D eigenvalue weighted by molar-refractivity contribution is -0.128. The van der Waals surface area contributed by atoms with Crippen molar-refractivity contribution in [1.29, 1.82) is 0 Å². The van der Waals surface area contributed by atoms with Crippen LogP contribution in [-0.4, -0.2) is 69.8 Å². The largest absolute Gasteiger partial charge is 0.379 e. The first-order chi connectivity index (χ1) is 12.9. The van der Waals surface area contributed by atoms with Crippen LogP contribution in [0.25, 0.3) is 0 Å². The molecule has 27 heavy (non-hydrogen) atoms. The normalized spacial score (nSPS) is 12.0. The van der Waals surface area contributed by atoms with Crippen molar-refractivity contribution in [3.05, 3.63) is 0 Å². The number of rotatable bonds is 17. The molecule has 0 spiro atoms. The predicted molar refractivity (Wildman–Crippen MR) is 107 cm³/mol. The molecular formula is C19H40N2O6. The molecule has 0 radical (unpaired) electrons. The highest BCUT2D eigenvalue weighted by Gasteiger charge is 2.07. The number of ether oxygens (including phenoxy) is 3. The summed E-state index contributed by atoms with van der Waals surface area (Å²) in [5.74, 6) is -0.0929. The lowest BCUT2D eigenvalue weighted by Gasteiger charge is -2.11. The zero-order chi connectivity index (χ0) is 20.5. The molecule has 0 aliphatic carbocycles. The zero-order valence-electron chi connectivity index (χ0n) is 17.2. The molecule has 2 N–H and O–H groups in total. The van der Waals surface area contributed by atoms with E-state index in [1.807, 2.05) is 27.7 Å². The quantitative estimate of drug-likeness (QED) is 0.364. The van der Waals surface area contributed by atoms with Crippen molar-refractivity contribution < 1.29 is 31.4 Å². The molecule has 0 saturated heterocycles. The minimum atomic E-state index is -0.174. The van der Waals surface area contributed by atoms with E-state index in [-0.39, 0.29) is 52.1 Å². The Labute approximate surface area is 165 Å². The molecule has 1 atom stereocenters. The summed E-state index contributed by atoms with van der Waals surface area (Å²) in [5.41, 5.74) is 0. The molecule has 0 heterocycles. The molecule has 0 aliphatic rings. The number of carbonyl (C=O) groups excluding carboxylic acids is 3. The molecule has 0 rings (SSSR count). The van der Waals surface area contributed by atoms with Gasteiger partial charge in [0.25, 0.3) is 0 Å². The lowest BCUT2D eigenvalue weighted by atomic mass is 10.1. The Balaban J connectivity index is -0.00000338. The molecule has 0 aromatic heterocycles. The molecule has 8 heteroatoms. The van der Waals surface area contributed by atoms with Gasteiger partial charge in [0.15, 0.2) is 0 Å². The number of Topliss-reactive ketones (excluding diaryl/α,β-unsaturated/α-hetero) is 1. The average molecular weight is 393 g/mol. The van der Waals surface area contributed by atoms with E-state index in [0.717, 1.165) is 6.42 Å². The van der Waals surface area contributed by atoms with Gasteiger partial charge in [-0.3, -0.25) is 14.4 Å². The molecule has 0 aromatic carbocycles. The van der Waals surface area contributed by atoms with Gasteiger partial charge in [-0.05, 0) is 13.3 Å². The van der Waals surface area contributed by atoms with Crippen LogP contribution >= 0.6 is 0 Å². The third-order valence-electron chi connectivity index (χ3n) is 3.82. The molecule has 0 fully saturated rings. The van der Waals surface area contributed by atoms with E-state index in [0.29, 0.717) is 39.3 Å². The molecule has 2 amide bonds. The fraction of sp³-hybridized carbons (Fsp3) is 0.842. The molecular weight excluding hydrogens is 352 g/mol. The van der Waals surface area contributed by atoms with Gasteiger partial charge < -0.3 is 24.8 Å². The maximum absolute atomic E-state index is 11.6. The second kappa shape index (κ2) is 16.6. The molecule has 162 valence electrons. The van der Waals surface area contributed by atoms with Crippen LogP contribution in [0, 0.1) is 5.92 Å². The molecule has 1 unspecified atom stereocenters. The Bertz CT molecular complexity index is 439. The van der Waals surface area contributed by atoms with E-state index in [1.54, 1.807) is 0 Å². The fourth-order valence-corrected chi connectivity index (χ4v) is 1.83. The van der Waals surface area contributed by atoms with Crippen molar-refractivity contribution in [1.82, 2.24) is 10.6 Å². The standard InChI is InChI=1S/C19H36N2O6.2H2/c1-5-16(4)27-14-19(24)21-9-13-26-11-7-18(23)20-8-12-25-10-6-17(22)15(2)3;;/h15-16H,5-14H2,1-4H3,(H,20,23)(H,21,24);2*1H. The third kappa shape index (κ3) is 16.4. The maximum Gasteiger partial charge on any atom is 0.246 e. The van der Waals surface area contributed by atoms with Crippen molar-refractivity contribution in [3.63, 3.8) is 0 Å². The smallest absolute Gasteiger partial charge is 0.246 e. The van der Waals surface area contributed by atoms with Crippen molar-refractivity contribution in [2.24, 2.45) is 5.92 Å². The van der Waals surface area contributed by atoms with Gasteiger partial charge in [0.2, 0.25) is 11.8 Å². The Hall–Kier alpha value is -1.51. The van der Waals surface area contributed by atoms with Crippen LogP contribution in [0.1, 0.15) is 49.8 Å². The summed E-state index contributed by atoms with van der Waals surface area (Å²) in [6.07, 6.45) is 1.58. The van der Waals surface area contributed by atoms with Crippen molar-refractivity contribution in [3.8, 4) is 0 Å². The molecule has 0 saturated carbocycles. The lowest BCUT2D eigenvalue weighted by Crippen LogP contribution is -2.32. The van der Waals surface area contributed by atoms with E-state index in [9.17, 15) is 14.4 Å². The van der Waals surface area contributed by atoms with Gasteiger partial charge in [0, 0.05) is 34.7 Å². The van der Waals surface area contributed by atoms with E-state index >= 15 is 0 Å². The molecule has 0 aromatic rings. The van der Waals surface area contributed by atoms with Crippen LogP contribution in [0.2, 0.25) is 0 Å². The summed E-state index contributed by atoms with van der Waals surface area (Å²) in [4.78, 5) is 34.5. The first-order valence-corrected chi connectivity index (χ1v) is 9.70. The SMILES string of the molecule is CCC(C)OCC(=O)NCCOCCC(=O)NCCOCCC(=O)C(C)C.[HH].[HH]. The van der Waals surface area contributed by atoms with Crippen LogP contribution in [0.15, 0.2) is 0 Å². The van der Waals surface area contributed by atoms with Gasteiger partial charge in [-0.1, -0.05) is 20.8 Å². The summed E-state index contributed by atoms with van der Waals surface area (Å²) in [7, 11) is 0. The summed E-state index contributed by atoms with van der Waals surface area (Å²) >= 11 is 0. The van der Waals surface area contributed by atoms with Crippen LogP contribution < -0.4 is 10.6 Å².